The number of amides is 2. The molecule has 1 atom stereocenters. The second-order valence-corrected chi connectivity index (χ2v) is 8.73. The highest BCUT2D eigenvalue weighted by atomic mass is 16.3. The number of nitrogens with zero attached hydrogens (tertiary/aromatic N) is 4. The number of aliphatic hydroxyl groups excluding tert-OH is 1. The van der Waals surface area contributed by atoms with E-state index in [2.05, 4.69) is 4.98 Å². The van der Waals surface area contributed by atoms with Gasteiger partial charge in [-0.1, -0.05) is 36.4 Å². The molecule has 0 saturated carbocycles. The summed E-state index contributed by atoms with van der Waals surface area (Å²) in [4.78, 5) is 48.5. The molecule has 4 aromatic rings. The molecule has 2 aromatic carbocycles. The Morgan fingerprint density at radius 3 is 2.30 bits per heavy atom. The molecule has 2 aliphatic rings. The predicted molar refractivity (Wildman–Crippen MR) is 135 cm³/mol. The van der Waals surface area contributed by atoms with Crippen molar-refractivity contribution in [2.24, 2.45) is 7.05 Å². The van der Waals surface area contributed by atoms with Crippen molar-refractivity contribution in [3.05, 3.63) is 131 Å². The van der Waals surface area contributed by atoms with Crippen molar-refractivity contribution >= 4 is 29.0 Å². The van der Waals surface area contributed by atoms with Crippen LogP contribution in [0.1, 0.15) is 43.0 Å². The average molecular weight is 490 g/mol. The number of anilines is 2. The first kappa shape index (κ1) is 22.5. The molecule has 0 saturated heterocycles. The van der Waals surface area contributed by atoms with Gasteiger partial charge in [0, 0.05) is 29.5 Å². The number of para-hydroxylation sites is 2. The molecule has 8 heteroatoms. The van der Waals surface area contributed by atoms with Gasteiger partial charge in [-0.25, -0.2) is 0 Å². The van der Waals surface area contributed by atoms with Gasteiger partial charge < -0.3 is 5.11 Å². The molecule has 0 aliphatic carbocycles. The van der Waals surface area contributed by atoms with Gasteiger partial charge in [-0.3, -0.25) is 29.2 Å². The third-order valence-electron chi connectivity index (χ3n) is 6.61. The van der Waals surface area contributed by atoms with E-state index in [1.54, 1.807) is 103 Å². The number of allylic oxidation sites excluding steroid dienone is 1. The summed E-state index contributed by atoms with van der Waals surface area (Å²) in [5, 5.41) is 11.5. The zero-order valence-corrected chi connectivity index (χ0v) is 19.8. The van der Waals surface area contributed by atoms with Crippen LogP contribution >= 0.6 is 0 Å². The van der Waals surface area contributed by atoms with Crippen LogP contribution in [-0.2, 0) is 7.05 Å². The van der Waals surface area contributed by atoms with Crippen molar-refractivity contribution < 1.29 is 24.1 Å². The number of hydrogen-bond donors (Lipinski definition) is 1. The van der Waals surface area contributed by atoms with Gasteiger partial charge in [-0.2, -0.15) is 4.57 Å². The number of hydrogen-bond acceptors (Lipinski definition) is 5. The van der Waals surface area contributed by atoms with Crippen LogP contribution in [0.5, 0.6) is 0 Å². The lowest BCUT2D eigenvalue weighted by molar-refractivity contribution is -0.673. The minimum Gasteiger partial charge on any atom is -0.382 e. The SMILES string of the molecule is C[n+]1ccccc1C(=O)N1/C(=C2\C(O)c3ccccc3N2C(=O)c2ccccn2)C(=O)c2ccccc21. The summed E-state index contributed by atoms with van der Waals surface area (Å²) in [6, 6.07) is 23.8. The number of aryl methyl sites for hydroxylation is 1. The first-order valence-corrected chi connectivity index (χ1v) is 11.7. The Kier molecular flexibility index (Phi) is 5.24. The van der Waals surface area contributed by atoms with Crippen molar-refractivity contribution in [3.63, 3.8) is 0 Å². The topological polar surface area (TPSA) is 94.7 Å². The molecule has 6 rings (SSSR count). The maximum Gasteiger partial charge on any atom is 0.327 e. The van der Waals surface area contributed by atoms with E-state index in [1.165, 1.54) is 16.0 Å². The lowest BCUT2D eigenvalue weighted by atomic mass is 10.1. The molecular formula is C29H21N4O4+. The Bertz CT molecular complexity index is 1630. The number of rotatable bonds is 2. The number of fused-ring (bicyclic) bond motifs is 2. The maximum atomic E-state index is 14.0. The summed E-state index contributed by atoms with van der Waals surface area (Å²) in [6.45, 7) is 0. The minimum absolute atomic E-state index is 0.0185. The highest BCUT2D eigenvalue weighted by Gasteiger charge is 2.47. The lowest BCUT2D eigenvalue weighted by Crippen LogP contribution is -2.43. The van der Waals surface area contributed by atoms with E-state index in [-0.39, 0.29) is 17.1 Å². The Morgan fingerprint density at radius 1 is 0.838 bits per heavy atom. The highest BCUT2D eigenvalue weighted by molar-refractivity contribution is 6.28. The van der Waals surface area contributed by atoms with Gasteiger partial charge in [0.15, 0.2) is 6.20 Å². The lowest BCUT2D eigenvalue weighted by Gasteiger charge is -2.25. The van der Waals surface area contributed by atoms with Crippen molar-refractivity contribution in [3.8, 4) is 0 Å². The number of carbonyl (C=O) groups is 3. The van der Waals surface area contributed by atoms with Crippen LogP contribution in [0.2, 0.25) is 0 Å². The number of ketones is 1. The molecule has 180 valence electrons. The average Bonchev–Trinajstić information content (AvgIpc) is 3.39. The molecule has 8 nitrogen and oxygen atoms in total. The molecule has 2 aliphatic heterocycles. The van der Waals surface area contributed by atoms with Crippen LogP contribution in [0.15, 0.2) is 109 Å². The fourth-order valence-corrected chi connectivity index (χ4v) is 4.89. The molecule has 4 heterocycles. The van der Waals surface area contributed by atoms with Crippen molar-refractivity contribution in [1.29, 1.82) is 0 Å². The number of aliphatic hydroxyl groups is 1. The van der Waals surface area contributed by atoms with Crippen LogP contribution in [-0.4, -0.2) is 27.7 Å². The number of Topliss-reactive ketones (excluding diaryl/α,β-unsaturated/α-hetero) is 1. The minimum atomic E-state index is -1.32. The molecule has 0 radical (unpaired) electrons. The molecular weight excluding hydrogens is 468 g/mol. The standard InChI is InChI=1S/C29H21N4O4/c1-31-17-9-7-15-23(31)29(37)33-22-14-5-3-11-19(22)27(35)25(33)24-26(34)18-10-2-4-13-21(18)32(24)28(36)20-12-6-8-16-30-20/h2-17,26,34H,1H3/q+1/b25-24+. The molecule has 2 aromatic heterocycles. The summed E-state index contributed by atoms with van der Waals surface area (Å²) >= 11 is 0. The molecule has 0 spiro atoms. The van der Waals surface area contributed by atoms with Gasteiger partial charge in [0.25, 0.3) is 11.6 Å². The third kappa shape index (κ3) is 3.38. The Morgan fingerprint density at radius 2 is 1.54 bits per heavy atom. The zero-order valence-electron chi connectivity index (χ0n) is 19.8. The van der Waals surface area contributed by atoms with Gasteiger partial charge in [-0.05, 0) is 36.4 Å². The van der Waals surface area contributed by atoms with E-state index in [0.29, 0.717) is 28.2 Å². The molecule has 37 heavy (non-hydrogen) atoms. The summed E-state index contributed by atoms with van der Waals surface area (Å²) < 4.78 is 1.66. The molecule has 1 unspecified atom stereocenters. The van der Waals surface area contributed by atoms with Crippen molar-refractivity contribution in [2.45, 2.75) is 6.10 Å². The van der Waals surface area contributed by atoms with E-state index in [1.807, 2.05) is 0 Å². The van der Waals surface area contributed by atoms with Gasteiger partial charge in [0.05, 0.1) is 17.1 Å². The van der Waals surface area contributed by atoms with Crippen LogP contribution in [0, 0.1) is 0 Å². The second-order valence-electron chi connectivity index (χ2n) is 8.73. The first-order chi connectivity index (χ1) is 18.0. The van der Waals surface area contributed by atoms with Crippen molar-refractivity contribution in [1.82, 2.24) is 4.98 Å². The fraction of sp³-hybridized carbons (Fsp3) is 0.0690. The molecule has 0 fully saturated rings. The van der Waals surface area contributed by atoms with Gasteiger partial charge in [0.1, 0.15) is 24.5 Å². The summed E-state index contributed by atoms with van der Waals surface area (Å²) in [5.74, 6) is -1.44. The smallest absolute Gasteiger partial charge is 0.327 e. The van der Waals surface area contributed by atoms with Crippen LogP contribution < -0.4 is 14.4 Å². The van der Waals surface area contributed by atoms with E-state index >= 15 is 0 Å². The monoisotopic (exact) mass is 489 g/mol. The highest BCUT2D eigenvalue weighted by Crippen LogP contribution is 2.48. The van der Waals surface area contributed by atoms with Crippen LogP contribution in [0.4, 0.5) is 11.4 Å². The Hall–Kier alpha value is -4.95. The zero-order chi connectivity index (χ0) is 25.7. The number of benzene rings is 2. The Balaban J connectivity index is 1.63. The number of aromatic nitrogens is 2. The molecule has 2 amide bonds. The van der Waals surface area contributed by atoms with Gasteiger partial charge in [-0.15, -0.1) is 0 Å². The Labute approximate surface area is 212 Å². The van der Waals surface area contributed by atoms with Crippen molar-refractivity contribution in [2.75, 3.05) is 9.80 Å². The molecule has 0 bridgehead atoms. The van der Waals surface area contributed by atoms with E-state index in [0.717, 1.165) is 0 Å². The van der Waals surface area contributed by atoms with E-state index in [4.69, 9.17) is 0 Å². The van der Waals surface area contributed by atoms with Gasteiger partial charge >= 0.3 is 5.91 Å². The largest absolute Gasteiger partial charge is 0.382 e. The molecule has 1 N–H and O–H groups in total. The maximum absolute atomic E-state index is 14.0. The quantitative estimate of drug-likeness (QED) is 0.344. The third-order valence-corrected chi connectivity index (χ3v) is 6.61. The fourth-order valence-electron chi connectivity index (χ4n) is 4.89. The van der Waals surface area contributed by atoms with Crippen LogP contribution in [0.25, 0.3) is 0 Å². The van der Waals surface area contributed by atoms with E-state index in [9.17, 15) is 19.5 Å². The summed E-state index contributed by atoms with van der Waals surface area (Å²) in [6.07, 6.45) is 1.92. The van der Waals surface area contributed by atoms with E-state index < -0.39 is 23.7 Å². The second kappa shape index (κ2) is 8.61. The summed E-state index contributed by atoms with van der Waals surface area (Å²) in [7, 11) is 1.74. The predicted octanol–water partition coefficient (Wildman–Crippen LogP) is 3.35. The number of pyridine rings is 2. The number of carbonyl (C=O) groups excluding carboxylic acids is 3. The normalized spacial score (nSPS) is 18.1. The summed E-state index contributed by atoms with van der Waals surface area (Å²) in [5.41, 5.74) is 2.00. The van der Waals surface area contributed by atoms with Crippen LogP contribution in [0.3, 0.4) is 0 Å². The van der Waals surface area contributed by atoms with Gasteiger partial charge in [0.2, 0.25) is 5.78 Å². The first-order valence-electron chi connectivity index (χ1n) is 11.7.